The second-order valence-electron chi connectivity index (χ2n) is 8.54. The number of para-hydroxylation sites is 3. The molecule has 6 nitrogen and oxygen atoms in total. The number of carbonyl (C=O) groups is 1. The molecule has 0 saturated heterocycles. The van der Waals surface area contributed by atoms with E-state index in [2.05, 4.69) is 29.4 Å². The van der Waals surface area contributed by atoms with Gasteiger partial charge in [0.25, 0.3) is 0 Å². The van der Waals surface area contributed by atoms with Crippen LogP contribution in [0.5, 0.6) is 5.75 Å². The second kappa shape index (κ2) is 7.03. The van der Waals surface area contributed by atoms with Crippen molar-refractivity contribution in [1.29, 1.82) is 0 Å². The molecule has 2 atom stereocenters. The highest BCUT2D eigenvalue weighted by atomic mass is 16.3. The number of nitrogens with one attached hydrogen (secondary N) is 2. The van der Waals surface area contributed by atoms with Crippen molar-refractivity contribution >= 4 is 23.2 Å². The fraction of sp³-hybridized carbons (Fsp3) is 0.348. The van der Waals surface area contributed by atoms with E-state index in [1.165, 1.54) is 6.21 Å². The minimum atomic E-state index is -0.591. The van der Waals surface area contributed by atoms with Crippen molar-refractivity contribution in [3.8, 4) is 5.75 Å². The first-order valence-electron chi connectivity index (χ1n) is 9.89. The summed E-state index contributed by atoms with van der Waals surface area (Å²) in [6.45, 7) is 6.26. The van der Waals surface area contributed by atoms with Crippen molar-refractivity contribution in [1.82, 2.24) is 15.4 Å². The minimum absolute atomic E-state index is 0.118. The zero-order chi connectivity index (χ0) is 20.6. The van der Waals surface area contributed by atoms with Crippen molar-refractivity contribution in [3.05, 3.63) is 59.9 Å². The van der Waals surface area contributed by atoms with Gasteiger partial charge in [-0.3, -0.25) is 4.79 Å². The molecule has 29 heavy (non-hydrogen) atoms. The number of aromatic amines is 1. The predicted octanol–water partition coefficient (Wildman–Crippen LogP) is 4.33. The van der Waals surface area contributed by atoms with Gasteiger partial charge in [0.1, 0.15) is 11.6 Å². The number of fused-ring (bicyclic) bond motifs is 1. The molecule has 1 fully saturated rings. The van der Waals surface area contributed by atoms with Gasteiger partial charge in [-0.15, -0.1) is 0 Å². The molecule has 0 bridgehead atoms. The number of hydrogen-bond acceptors (Lipinski definition) is 4. The molecule has 1 aliphatic carbocycles. The molecule has 3 N–H and O–H groups in total. The van der Waals surface area contributed by atoms with Gasteiger partial charge in [-0.25, -0.2) is 10.4 Å². The van der Waals surface area contributed by atoms with E-state index in [4.69, 9.17) is 4.98 Å². The number of rotatable bonds is 4. The molecule has 0 radical (unpaired) electrons. The molecular weight excluding hydrogens is 364 g/mol. The van der Waals surface area contributed by atoms with Gasteiger partial charge < -0.3 is 10.1 Å². The predicted molar refractivity (Wildman–Crippen MR) is 114 cm³/mol. The molecule has 1 aliphatic rings. The SMILES string of the molecule is CC1(C(=O)NN=Cc2ccccc2O)CCC(c2nc3ccccc3[nH]2)C1(C)C. The van der Waals surface area contributed by atoms with E-state index in [0.29, 0.717) is 5.56 Å². The average molecular weight is 390 g/mol. The molecule has 2 aromatic carbocycles. The number of imidazole rings is 1. The zero-order valence-electron chi connectivity index (χ0n) is 16.9. The lowest BCUT2D eigenvalue weighted by molar-refractivity contribution is -0.135. The van der Waals surface area contributed by atoms with Crippen molar-refractivity contribution in [2.24, 2.45) is 15.9 Å². The quantitative estimate of drug-likeness (QED) is 0.457. The van der Waals surface area contributed by atoms with Crippen LogP contribution in [0.25, 0.3) is 11.0 Å². The third-order valence-electron chi connectivity index (χ3n) is 6.77. The Hall–Kier alpha value is -3.15. The van der Waals surface area contributed by atoms with Gasteiger partial charge in [0.2, 0.25) is 5.91 Å². The van der Waals surface area contributed by atoms with Crippen molar-refractivity contribution in [2.45, 2.75) is 39.5 Å². The summed E-state index contributed by atoms with van der Waals surface area (Å²) in [5, 5.41) is 13.9. The molecule has 1 aromatic heterocycles. The number of nitrogens with zero attached hydrogens (tertiary/aromatic N) is 2. The summed E-state index contributed by atoms with van der Waals surface area (Å²) in [7, 11) is 0. The van der Waals surface area contributed by atoms with Crippen LogP contribution in [0.3, 0.4) is 0 Å². The number of carbonyl (C=O) groups excluding carboxylic acids is 1. The molecule has 3 aromatic rings. The van der Waals surface area contributed by atoms with Crippen molar-refractivity contribution in [2.75, 3.05) is 0 Å². The number of benzene rings is 2. The fourth-order valence-corrected chi connectivity index (χ4v) is 4.40. The maximum atomic E-state index is 13.1. The Labute approximate surface area is 170 Å². The number of amides is 1. The van der Waals surface area contributed by atoms with Crippen molar-refractivity contribution < 1.29 is 9.90 Å². The molecule has 1 heterocycles. The van der Waals surface area contributed by atoms with Gasteiger partial charge in [-0.1, -0.05) is 45.0 Å². The molecule has 0 spiro atoms. The summed E-state index contributed by atoms with van der Waals surface area (Å²) < 4.78 is 0. The lowest BCUT2D eigenvalue weighted by Gasteiger charge is -2.39. The number of phenolic OH excluding ortho intramolecular Hbond substituents is 1. The Balaban J connectivity index is 1.54. The highest BCUT2D eigenvalue weighted by Crippen LogP contribution is 2.59. The third kappa shape index (κ3) is 3.18. The number of hydrazone groups is 1. The Morgan fingerprint density at radius 2 is 1.93 bits per heavy atom. The van der Waals surface area contributed by atoms with Gasteiger partial charge in [0.05, 0.1) is 22.7 Å². The van der Waals surface area contributed by atoms with Gasteiger partial charge in [-0.2, -0.15) is 5.10 Å². The van der Waals surface area contributed by atoms with Crippen LogP contribution in [0.2, 0.25) is 0 Å². The van der Waals surface area contributed by atoms with E-state index in [-0.39, 0.29) is 23.0 Å². The average Bonchev–Trinajstić information content (AvgIpc) is 3.22. The molecule has 1 amide bonds. The maximum absolute atomic E-state index is 13.1. The van der Waals surface area contributed by atoms with Crippen LogP contribution < -0.4 is 5.43 Å². The van der Waals surface area contributed by atoms with Gasteiger partial charge in [0, 0.05) is 11.5 Å². The molecule has 4 rings (SSSR count). The first-order chi connectivity index (χ1) is 13.8. The van der Waals surface area contributed by atoms with Crippen molar-refractivity contribution in [3.63, 3.8) is 0 Å². The first kappa shape index (κ1) is 19.2. The Morgan fingerprint density at radius 3 is 2.69 bits per heavy atom. The van der Waals surface area contributed by atoms with Crippen LogP contribution >= 0.6 is 0 Å². The monoisotopic (exact) mass is 390 g/mol. The van der Waals surface area contributed by atoms with E-state index in [9.17, 15) is 9.90 Å². The van der Waals surface area contributed by atoms with Gasteiger partial charge >= 0.3 is 0 Å². The molecule has 2 unspecified atom stereocenters. The maximum Gasteiger partial charge on any atom is 0.246 e. The third-order valence-corrected chi connectivity index (χ3v) is 6.77. The van der Waals surface area contributed by atoms with E-state index in [0.717, 1.165) is 29.7 Å². The fourth-order valence-electron chi connectivity index (χ4n) is 4.40. The zero-order valence-corrected chi connectivity index (χ0v) is 16.9. The number of aromatic nitrogens is 2. The number of H-pyrrole nitrogens is 1. The highest BCUT2D eigenvalue weighted by Gasteiger charge is 2.57. The van der Waals surface area contributed by atoms with E-state index in [1.54, 1.807) is 18.2 Å². The number of aromatic hydroxyl groups is 1. The van der Waals surface area contributed by atoms with Crippen LogP contribution in [-0.4, -0.2) is 27.2 Å². The normalized spacial score (nSPS) is 23.6. The number of hydrogen-bond donors (Lipinski definition) is 3. The van der Waals surface area contributed by atoms with Crippen LogP contribution in [0, 0.1) is 10.8 Å². The highest BCUT2D eigenvalue weighted by molar-refractivity contribution is 5.87. The lowest BCUT2D eigenvalue weighted by atomic mass is 9.65. The molecular formula is C23H26N4O2. The minimum Gasteiger partial charge on any atom is -0.507 e. The van der Waals surface area contributed by atoms with Crippen LogP contribution in [-0.2, 0) is 4.79 Å². The van der Waals surface area contributed by atoms with Gasteiger partial charge in [0.15, 0.2) is 0 Å². The first-order valence-corrected chi connectivity index (χ1v) is 9.89. The smallest absolute Gasteiger partial charge is 0.246 e. The Bertz CT molecular complexity index is 1050. The van der Waals surface area contributed by atoms with Crippen LogP contribution in [0.15, 0.2) is 53.6 Å². The van der Waals surface area contributed by atoms with Crippen LogP contribution in [0.4, 0.5) is 0 Å². The largest absolute Gasteiger partial charge is 0.507 e. The second-order valence-corrected chi connectivity index (χ2v) is 8.54. The summed E-state index contributed by atoms with van der Waals surface area (Å²) in [6.07, 6.45) is 3.09. The summed E-state index contributed by atoms with van der Waals surface area (Å²) >= 11 is 0. The van der Waals surface area contributed by atoms with E-state index in [1.807, 2.05) is 37.3 Å². The molecule has 150 valence electrons. The Kier molecular flexibility index (Phi) is 4.65. The molecule has 6 heteroatoms. The summed E-state index contributed by atoms with van der Waals surface area (Å²) in [4.78, 5) is 21.3. The molecule has 1 saturated carbocycles. The van der Waals surface area contributed by atoms with Crippen LogP contribution in [0.1, 0.15) is 50.9 Å². The summed E-state index contributed by atoms with van der Waals surface area (Å²) in [5.74, 6) is 1.09. The standard InChI is InChI=1S/C23H26N4O2/c1-22(2)16(20-25-17-9-5-6-10-18(17)26-20)12-13-23(22,3)21(29)27-24-14-15-8-4-7-11-19(15)28/h4-11,14,16,28H,12-13H2,1-3H3,(H,25,26)(H,27,29). The van der Waals surface area contributed by atoms with E-state index >= 15 is 0 Å². The Morgan fingerprint density at radius 1 is 1.21 bits per heavy atom. The van der Waals surface area contributed by atoms with E-state index < -0.39 is 5.41 Å². The topological polar surface area (TPSA) is 90.4 Å². The number of phenols is 1. The summed E-state index contributed by atoms with van der Waals surface area (Å²) in [6, 6.07) is 14.9. The molecule has 0 aliphatic heterocycles. The summed E-state index contributed by atoms with van der Waals surface area (Å²) in [5.41, 5.74) is 4.31. The van der Waals surface area contributed by atoms with Gasteiger partial charge in [-0.05, 0) is 42.5 Å². The lowest BCUT2D eigenvalue weighted by Crippen LogP contribution is -2.45.